The number of carboxylic acid groups (broad SMARTS) is 1. The van der Waals surface area contributed by atoms with E-state index in [0.717, 1.165) is 6.07 Å². The number of carbonyl (C=O) groups is 1. The molecule has 0 bridgehead atoms. The molecule has 21 heavy (non-hydrogen) atoms. The summed E-state index contributed by atoms with van der Waals surface area (Å²) in [6.07, 6.45) is 0.469. The molecule has 1 rings (SSSR count). The van der Waals surface area contributed by atoms with Gasteiger partial charge in [-0.25, -0.2) is 8.42 Å². The van der Waals surface area contributed by atoms with Crippen LogP contribution in [0, 0.1) is 10.1 Å². The van der Waals surface area contributed by atoms with E-state index in [1.54, 1.807) is 6.92 Å². The van der Waals surface area contributed by atoms with E-state index in [1.807, 2.05) is 4.72 Å². The number of nitro benzene ring substituents is 1. The van der Waals surface area contributed by atoms with Crippen LogP contribution in [-0.2, 0) is 14.8 Å². The molecule has 0 saturated heterocycles. The number of hydrogen-bond donors (Lipinski definition) is 2. The molecule has 0 saturated carbocycles. The van der Waals surface area contributed by atoms with Gasteiger partial charge in [0.25, 0.3) is 5.69 Å². The summed E-state index contributed by atoms with van der Waals surface area (Å²) in [4.78, 5) is 20.3. The summed E-state index contributed by atoms with van der Waals surface area (Å²) in [5.74, 6) is -1.37. The number of nitro groups is 1. The topological polar surface area (TPSA) is 127 Å². The molecule has 116 valence electrons. The van der Waals surface area contributed by atoms with Crippen LogP contribution in [0.5, 0.6) is 0 Å². The van der Waals surface area contributed by atoms with Gasteiger partial charge in [0.15, 0.2) is 4.90 Å². The number of sulfonamides is 1. The molecule has 10 heteroatoms. The lowest BCUT2D eigenvalue weighted by atomic mass is 10.2. The van der Waals surface area contributed by atoms with E-state index in [0.29, 0.717) is 6.42 Å². The molecule has 1 atom stereocenters. The lowest BCUT2D eigenvalue weighted by Gasteiger charge is -2.14. The molecule has 1 aromatic rings. The van der Waals surface area contributed by atoms with Crippen molar-refractivity contribution in [3.05, 3.63) is 33.3 Å². The minimum Gasteiger partial charge on any atom is -0.480 e. The van der Waals surface area contributed by atoms with Gasteiger partial charge in [0.1, 0.15) is 6.04 Å². The fourth-order valence-corrected chi connectivity index (χ4v) is 3.60. The van der Waals surface area contributed by atoms with Gasteiger partial charge in [-0.3, -0.25) is 14.9 Å². The van der Waals surface area contributed by atoms with Crippen molar-refractivity contribution in [3.8, 4) is 0 Å². The maximum atomic E-state index is 12.2. The Morgan fingerprint density at radius 3 is 2.62 bits per heavy atom. The Morgan fingerprint density at radius 2 is 2.14 bits per heavy atom. The van der Waals surface area contributed by atoms with Crippen LogP contribution in [0.1, 0.15) is 19.8 Å². The zero-order chi connectivity index (χ0) is 16.2. The highest BCUT2D eigenvalue weighted by molar-refractivity contribution is 7.89. The van der Waals surface area contributed by atoms with E-state index in [1.165, 1.54) is 12.1 Å². The third kappa shape index (κ3) is 4.13. The molecular weight excluding hydrogens is 324 g/mol. The molecule has 0 aliphatic carbocycles. The van der Waals surface area contributed by atoms with Gasteiger partial charge in [0, 0.05) is 6.07 Å². The van der Waals surface area contributed by atoms with Gasteiger partial charge in [0.2, 0.25) is 10.0 Å². The van der Waals surface area contributed by atoms with Crippen LogP contribution in [-0.4, -0.2) is 30.5 Å². The first-order chi connectivity index (χ1) is 9.70. The zero-order valence-electron chi connectivity index (χ0n) is 10.9. The first-order valence-corrected chi connectivity index (χ1v) is 7.74. The van der Waals surface area contributed by atoms with E-state index in [9.17, 15) is 23.3 Å². The molecule has 0 radical (unpaired) electrons. The van der Waals surface area contributed by atoms with Gasteiger partial charge < -0.3 is 5.11 Å². The largest absolute Gasteiger partial charge is 0.480 e. The smallest absolute Gasteiger partial charge is 0.321 e. The summed E-state index contributed by atoms with van der Waals surface area (Å²) >= 11 is 5.73. The Kier molecular flexibility index (Phi) is 5.64. The summed E-state index contributed by atoms with van der Waals surface area (Å²) in [5, 5.41) is 19.5. The Bertz CT molecular complexity index is 661. The van der Waals surface area contributed by atoms with Crippen molar-refractivity contribution in [2.24, 2.45) is 0 Å². The quantitative estimate of drug-likeness (QED) is 0.577. The van der Waals surface area contributed by atoms with E-state index in [4.69, 9.17) is 16.7 Å². The van der Waals surface area contributed by atoms with Gasteiger partial charge in [-0.15, -0.1) is 0 Å². The average molecular weight is 337 g/mol. The predicted molar refractivity (Wildman–Crippen MR) is 74.8 cm³/mol. The molecule has 0 amide bonds. The SMILES string of the molecule is CCCC(NS(=O)(=O)c1c(Cl)cccc1[N+](=O)[O-])C(=O)O. The maximum Gasteiger partial charge on any atom is 0.321 e. The minimum absolute atomic E-state index is 0.0484. The number of halogens is 1. The standard InChI is InChI=1S/C11H13ClN2O6S/c1-2-4-8(11(15)16)13-21(19,20)10-7(12)5-3-6-9(10)14(17)18/h3,5-6,8,13H,2,4H2,1H3,(H,15,16). The second kappa shape index (κ2) is 6.83. The van der Waals surface area contributed by atoms with Crippen molar-refractivity contribution in [2.45, 2.75) is 30.7 Å². The van der Waals surface area contributed by atoms with Gasteiger partial charge in [-0.2, -0.15) is 4.72 Å². The van der Waals surface area contributed by atoms with Crippen molar-refractivity contribution in [1.82, 2.24) is 4.72 Å². The minimum atomic E-state index is -4.44. The van der Waals surface area contributed by atoms with Crippen molar-refractivity contribution in [2.75, 3.05) is 0 Å². The highest BCUT2D eigenvalue weighted by Gasteiger charge is 2.32. The van der Waals surface area contributed by atoms with Gasteiger partial charge >= 0.3 is 5.97 Å². The second-order valence-corrected chi connectivity index (χ2v) is 6.20. The first-order valence-electron chi connectivity index (χ1n) is 5.88. The Hall–Kier alpha value is -1.71. The average Bonchev–Trinajstić information content (AvgIpc) is 2.37. The summed E-state index contributed by atoms with van der Waals surface area (Å²) < 4.78 is 26.3. The molecular formula is C11H13ClN2O6S. The molecule has 1 unspecified atom stereocenters. The number of aliphatic carboxylic acids is 1. The van der Waals surface area contributed by atoms with Crippen LogP contribution in [0.15, 0.2) is 23.1 Å². The lowest BCUT2D eigenvalue weighted by Crippen LogP contribution is -2.40. The third-order valence-corrected chi connectivity index (χ3v) is 4.57. The number of rotatable bonds is 7. The molecule has 0 spiro atoms. The number of nitrogens with one attached hydrogen (secondary N) is 1. The monoisotopic (exact) mass is 336 g/mol. The summed E-state index contributed by atoms with van der Waals surface area (Å²) in [5.41, 5.74) is -0.712. The van der Waals surface area contributed by atoms with Crippen molar-refractivity contribution < 1.29 is 23.2 Å². The van der Waals surface area contributed by atoms with E-state index in [-0.39, 0.29) is 11.4 Å². The fourth-order valence-electron chi connectivity index (χ4n) is 1.67. The molecule has 8 nitrogen and oxygen atoms in total. The number of benzene rings is 1. The normalized spacial score (nSPS) is 12.9. The second-order valence-electron chi connectivity index (χ2n) is 4.15. The molecule has 0 fully saturated rings. The van der Waals surface area contributed by atoms with Crippen molar-refractivity contribution >= 4 is 33.3 Å². The van der Waals surface area contributed by atoms with Crippen LogP contribution in [0.25, 0.3) is 0 Å². The highest BCUT2D eigenvalue weighted by atomic mass is 35.5. The maximum absolute atomic E-state index is 12.2. The molecule has 1 aromatic carbocycles. The van der Waals surface area contributed by atoms with Crippen LogP contribution in [0.3, 0.4) is 0 Å². The van der Waals surface area contributed by atoms with Crippen LogP contribution in [0.4, 0.5) is 5.69 Å². The molecule has 0 aromatic heterocycles. The van der Waals surface area contributed by atoms with Crippen LogP contribution >= 0.6 is 11.6 Å². The number of nitrogens with zero attached hydrogens (tertiary/aromatic N) is 1. The van der Waals surface area contributed by atoms with Gasteiger partial charge in [-0.1, -0.05) is 31.0 Å². The highest BCUT2D eigenvalue weighted by Crippen LogP contribution is 2.30. The molecule has 2 N–H and O–H groups in total. The fraction of sp³-hybridized carbons (Fsp3) is 0.364. The Morgan fingerprint density at radius 1 is 1.52 bits per heavy atom. The lowest BCUT2D eigenvalue weighted by molar-refractivity contribution is -0.387. The van der Waals surface area contributed by atoms with Crippen molar-refractivity contribution in [3.63, 3.8) is 0 Å². The summed E-state index contributed by atoms with van der Waals surface area (Å²) in [6.45, 7) is 1.68. The van der Waals surface area contributed by atoms with Crippen LogP contribution < -0.4 is 4.72 Å². The summed E-state index contributed by atoms with van der Waals surface area (Å²) in [6, 6.07) is 2.02. The zero-order valence-corrected chi connectivity index (χ0v) is 12.5. The van der Waals surface area contributed by atoms with E-state index in [2.05, 4.69) is 0 Å². The molecule has 0 aliphatic rings. The van der Waals surface area contributed by atoms with Crippen LogP contribution in [0.2, 0.25) is 5.02 Å². The Balaban J connectivity index is 3.31. The predicted octanol–water partition coefficient (Wildman–Crippen LogP) is 1.78. The van der Waals surface area contributed by atoms with Gasteiger partial charge in [-0.05, 0) is 12.5 Å². The van der Waals surface area contributed by atoms with E-state index >= 15 is 0 Å². The number of hydrogen-bond acceptors (Lipinski definition) is 5. The van der Waals surface area contributed by atoms with Crippen molar-refractivity contribution in [1.29, 1.82) is 0 Å². The first kappa shape index (κ1) is 17.3. The number of carboxylic acids is 1. The van der Waals surface area contributed by atoms with Gasteiger partial charge in [0.05, 0.1) is 9.95 Å². The molecule has 0 heterocycles. The third-order valence-electron chi connectivity index (χ3n) is 2.58. The van der Waals surface area contributed by atoms with E-state index < -0.39 is 37.5 Å². The Labute approximate surface area is 125 Å². The summed E-state index contributed by atoms with van der Waals surface area (Å²) in [7, 11) is -4.44. The molecule has 0 aliphatic heterocycles.